The molecule has 0 atom stereocenters. The molecule has 0 spiro atoms. The Bertz CT molecular complexity index is 754. The Hall–Kier alpha value is -1.71. The van der Waals surface area contributed by atoms with Gasteiger partial charge in [0.05, 0.1) is 12.5 Å². The summed E-state index contributed by atoms with van der Waals surface area (Å²) >= 11 is 11.5. The molecule has 1 amide bonds. The van der Waals surface area contributed by atoms with E-state index in [2.05, 4.69) is 10.0 Å². The quantitative estimate of drug-likeness (QED) is 0.332. The van der Waals surface area contributed by atoms with Crippen LogP contribution >= 0.6 is 23.2 Å². The Labute approximate surface area is 184 Å². The number of piperazine rings is 1. The fourth-order valence-corrected chi connectivity index (χ4v) is 3.42. The molecule has 1 aliphatic rings. The van der Waals surface area contributed by atoms with Crippen LogP contribution in [0.2, 0.25) is 5.02 Å². The number of nitrogens with zero attached hydrogens (tertiary/aromatic N) is 4. The number of halogens is 5. The third-order valence-electron chi connectivity index (χ3n) is 4.73. The number of amides is 1. The van der Waals surface area contributed by atoms with Crippen molar-refractivity contribution >= 4 is 40.5 Å². The van der Waals surface area contributed by atoms with E-state index in [1.54, 1.807) is 18.9 Å². The van der Waals surface area contributed by atoms with Gasteiger partial charge >= 0.3 is 6.18 Å². The van der Waals surface area contributed by atoms with Gasteiger partial charge in [-0.1, -0.05) is 11.6 Å². The van der Waals surface area contributed by atoms with Crippen LogP contribution in [0, 0.1) is 0 Å². The highest BCUT2D eigenvalue weighted by molar-refractivity contribution is 6.31. The Morgan fingerprint density at radius 3 is 2.47 bits per heavy atom. The summed E-state index contributed by atoms with van der Waals surface area (Å²) in [5, 5.41) is 5.25. The van der Waals surface area contributed by atoms with E-state index in [4.69, 9.17) is 27.9 Å². The van der Waals surface area contributed by atoms with Crippen molar-refractivity contribution in [1.29, 1.82) is 0 Å². The first-order chi connectivity index (χ1) is 14.2. The summed E-state index contributed by atoms with van der Waals surface area (Å²) in [6.07, 6.45) is -4.62. The van der Waals surface area contributed by atoms with Crippen molar-refractivity contribution in [3.63, 3.8) is 0 Å². The van der Waals surface area contributed by atoms with Crippen LogP contribution in [-0.4, -0.2) is 80.0 Å². The van der Waals surface area contributed by atoms with Crippen LogP contribution in [0.15, 0.2) is 23.3 Å². The van der Waals surface area contributed by atoms with Gasteiger partial charge in [0.1, 0.15) is 6.54 Å². The number of hydrogen-bond donors (Lipinski definition) is 0. The van der Waals surface area contributed by atoms with Gasteiger partial charge in [-0.25, -0.2) is 0 Å². The topological polar surface area (TPSA) is 48.4 Å². The standard InChI is InChI=1S/C19H25Cl2F3N4O2/c1-3-28(25-17(11-20)19(22,23)24)12-18(29)27-8-6-26(7-9-27)15-4-5-16(21)14(10-15)13-30-2/h4-5,10H,3,6-9,11-13H2,1-2H3/b25-17+. The molecule has 168 valence electrons. The molecule has 0 saturated carbocycles. The second-order valence-corrected chi connectivity index (χ2v) is 7.41. The summed E-state index contributed by atoms with van der Waals surface area (Å²) in [6.45, 7) is 4.10. The molecule has 30 heavy (non-hydrogen) atoms. The molecule has 1 heterocycles. The van der Waals surface area contributed by atoms with Gasteiger partial charge in [0, 0.05) is 50.5 Å². The lowest BCUT2D eigenvalue weighted by Crippen LogP contribution is -2.51. The third kappa shape index (κ3) is 6.65. The molecule has 1 saturated heterocycles. The maximum absolute atomic E-state index is 12.9. The predicted molar refractivity (Wildman–Crippen MR) is 112 cm³/mol. The summed E-state index contributed by atoms with van der Waals surface area (Å²) in [5.41, 5.74) is 0.750. The van der Waals surface area contributed by atoms with E-state index < -0.39 is 17.8 Å². The molecule has 2 rings (SSSR count). The van der Waals surface area contributed by atoms with Crippen molar-refractivity contribution < 1.29 is 22.7 Å². The molecule has 0 aromatic heterocycles. The molecule has 1 fully saturated rings. The zero-order valence-electron chi connectivity index (χ0n) is 16.9. The highest BCUT2D eigenvalue weighted by Crippen LogP contribution is 2.25. The monoisotopic (exact) mass is 468 g/mol. The fourth-order valence-electron chi connectivity index (χ4n) is 3.04. The molecule has 1 aliphatic heterocycles. The molecule has 1 aromatic rings. The van der Waals surface area contributed by atoms with E-state index in [1.807, 2.05) is 18.2 Å². The van der Waals surface area contributed by atoms with E-state index in [0.717, 1.165) is 16.3 Å². The van der Waals surface area contributed by atoms with Crippen LogP contribution in [0.3, 0.4) is 0 Å². The number of hydrogen-bond acceptors (Lipinski definition) is 5. The number of benzene rings is 1. The average molecular weight is 469 g/mol. The van der Waals surface area contributed by atoms with E-state index in [0.29, 0.717) is 37.8 Å². The van der Waals surface area contributed by atoms with E-state index in [-0.39, 0.29) is 19.0 Å². The molecule has 6 nitrogen and oxygen atoms in total. The van der Waals surface area contributed by atoms with Gasteiger partial charge in [-0.15, -0.1) is 11.6 Å². The van der Waals surface area contributed by atoms with Crippen LogP contribution in [0.1, 0.15) is 12.5 Å². The van der Waals surface area contributed by atoms with Crippen molar-refractivity contribution in [1.82, 2.24) is 9.91 Å². The van der Waals surface area contributed by atoms with Gasteiger partial charge in [-0.2, -0.15) is 18.3 Å². The van der Waals surface area contributed by atoms with Crippen molar-refractivity contribution in [2.75, 3.05) is 57.2 Å². The second-order valence-electron chi connectivity index (χ2n) is 6.74. The predicted octanol–water partition coefficient (Wildman–Crippen LogP) is 3.61. The molecule has 0 aliphatic carbocycles. The number of anilines is 1. The Morgan fingerprint density at radius 1 is 1.27 bits per heavy atom. The average Bonchev–Trinajstić information content (AvgIpc) is 2.71. The molecule has 0 radical (unpaired) electrons. The first kappa shape index (κ1) is 24.6. The van der Waals surface area contributed by atoms with Gasteiger partial charge < -0.3 is 14.5 Å². The van der Waals surface area contributed by atoms with E-state index in [1.165, 1.54) is 0 Å². The number of methoxy groups -OCH3 is 1. The fraction of sp³-hybridized carbons (Fsp3) is 0.579. The first-order valence-corrected chi connectivity index (χ1v) is 10.4. The zero-order chi connectivity index (χ0) is 22.3. The molecular formula is C19H25Cl2F3N4O2. The van der Waals surface area contributed by atoms with E-state index in [9.17, 15) is 18.0 Å². The van der Waals surface area contributed by atoms with Crippen LogP contribution in [0.25, 0.3) is 0 Å². The minimum Gasteiger partial charge on any atom is -0.380 e. The lowest BCUT2D eigenvalue weighted by molar-refractivity contribution is -0.132. The largest absolute Gasteiger partial charge is 0.432 e. The lowest BCUT2D eigenvalue weighted by atomic mass is 10.1. The third-order valence-corrected chi connectivity index (χ3v) is 5.35. The highest BCUT2D eigenvalue weighted by Gasteiger charge is 2.36. The zero-order valence-corrected chi connectivity index (χ0v) is 18.4. The van der Waals surface area contributed by atoms with Crippen LogP contribution in [0.5, 0.6) is 0 Å². The SMILES string of the molecule is CCN(CC(=O)N1CCN(c2ccc(Cl)c(COC)c2)CC1)/N=C(\CCl)C(F)(F)F. The summed E-state index contributed by atoms with van der Waals surface area (Å²) in [6, 6.07) is 5.69. The van der Waals surface area contributed by atoms with Crippen molar-refractivity contribution in [2.45, 2.75) is 19.7 Å². The summed E-state index contributed by atoms with van der Waals surface area (Å²) < 4.78 is 43.7. The Morgan fingerprint density at radius 2 is 1.93 bits per heavy atom. The van der Waals surface area contributed by atoms with E-state index >= 15 is 0 Å². The lowest BCUT2D eigenvalue weighted by Gasteiger charge is -2.37. The number of carbonyl (C=O) groups is 1. The molecule has 11 heteroatoms. The van der Waals surface area contributed by atoms with Crippen molar-refractivity contribution in [2.24, 2.45) is 5.10 Å². The summed E-state index contributed by atoms with van der Waals surface area (Å²) in [5.74, 6) is -1.04. The molecule has 0 N–H and O–H groups in total. The van der Waals surface area contributed by atoms with Crippen LogP contribution in [0.4, 0.5) is 18.9 Å². The maximum Gasteiger partial charge on any atom is 0.432 e. The number of ether oxygens (including phenoxy) is 1. The summed E-state index contributed by atoms with van der Waals surface area (Å²) in [4.78, 5) is 16.3. The Balaban J connectivity index is 1.96. The summed E-state index contributed by atoms with van der Waals surface area (Å²) in [7, 11) is 1.60. The number of carbonyl (C=O) groups excluding carboxylic acids is 1. The minimum atomic E-state index is -4.62. The van der Waals surface area contributed by atoms with Gasteiger partial charge in [-0.3, -0.25) is 9.80 Å². The molecule has 1 aromatic carbocycles. The highest BCUT2D eigenvalue weighted by atomic mass is 35.5. The molecular weight excluding hydrogens is 444 g/mol. The second kappa shape index (κ2) is 11.1. The van der Waals surface area contributed by atoms with Gasteiger partial charge in [-0.05, 0) is 30.7 Å². The number of hydrazone groups is 1. The van der Waals surface area contributed by atoms with Crippen LogP contribution in [-0.2, 0) is 16.1 Å². The number of likely N-dealkylation sites (N-methyl/N-ethyl adjacent to an activating group) is 1. The van der Waals surface area contributed by atoms with Gasteiger partial charge in [0.2, 0.25) is 5.91 Å². The van der Waals surface area contributed by atoms with Crippen LogP contribution < -0.4 is 4.90 Å². The van der Waals surface area contributed by atoms with Crippen molar-refractivity contribution in [3.05, 3.63) is 28.8 Å². The molecule has 0 unspecified atom stereocenters. The molecule has 0 bridgehead atoms. The number of rotatable bonds is 8. The maximum atomic E-state index is 12.9. The smallest absolute Gasteiger partial charge is 0.380 e. The Kier molecular flexibility index (Phi) is 9.06. The normalized spacial score (nSPS) is 15.5. The van der Waals surface area contributed by atoms with Crippen molar-refractivity contribution in [3.8, 4) is 0 Å². The minimum absolute atomic E-state index is 0.162. The first-order valence-electron chi connectivity index (χ1n) is 9.45. The van der Waals surface area contributed by atoms with Gasteiger partial charge in [0.25, 0.3) is 0 Å². The number of alkyl halides is 4. The van der Waals surface area contributed by atoms with Gasteiger partial charge in [0.15, 0.2) is 5.71 Å².